The van der Waals surface area contributed by atoms with Gasteiger partial charge >= 0.3 is 29.8 Å². The minimum Gasteiger partial charge on any atom is -0.461 e. The van der Waals surface area contributed by atoms with Crippen molar-refractivity contribution < 1.29 is 52.4 Å². The highest BCUT2D eigenvalue weighted by molar-refractivity contribution is 5.90. The average Bonchev–Trinajstić information content (AvgIpc) is 3.56. The number of carbonyl (C=O) groups is 5. The highest BCUT2D eigenvalue weighted by Gasteiger charge is 2.82. The largest absolute Gasteiger partial charge is 0.461 e. The molecule has 11 atom stereocenters. The lowest BCUT2D eigenvalue weighted by Crippen LogP contribution is -2.64. The van der Waals surface area contributed by atoms with Crippen molar-refractivity contribution in [3.8, 4) is 0 Å². The Hall–Kier alpha value is -4.91. The van der Waals surface area contributed by atoms with E-state index >= 15 is 0 Å². The molecular formula is C39H44N2O11. The summed E-state index contributed by atoms with van der Waals surface area (Å²) in [5, 5.41) is 0. The van der Waals surface area contributed by atoms with E-state index in [9.17, 15) is 24.0 Å². The highest BCUT2D eigenvalue weighted by Crippen LogP contribution is 2.68. The molecular weight excluding hydrogens is 672 g/mol. The van der Waals surface area contributed by atoms with Gasteiger partial charge in [-0.1, -0.05) is 32.1 Å². The molecule has 276 valence electrons. The van der Waals surface area contributed by atoms with E-state index in [0.717, 1.165) is 0 Å². The van der Waals surface area contributed by atoms with Gasteiger partial charge in [0.2, 0.25) is 0 Å². The Labute approximate surface area is 302 Å². The fourth-order valence-corrected chi connectivity index (χ4v) is 9.39. The van der Waals surface area contributed by atoms with Crippen LogP contribution in [0.4, 0.5) is 0 Å². The third kappa shape index (κ3) is 5.98. The SMILES string of the molecule is C=C(C)C1C=CC(OC(=O)c2cccnc2)C23COC(C)(C(OC(=O)c4cccnc4)C4(OC(C)=O)CC(C)C(OC(=O)CC)C4C2OC(C)=O)C13. The molecule has 52 heavy (non-hydrogen) atoms. The molecule has 0 aromatic carbocycles. The molecule has 2 aromatic rings. The molecule has 11 unspecified atom stereocenters. The second kappa shape index (κ2) is 13.9. The number of ether oxygens (including phenoxy) is 6. The molecule has 2 bridgehead atoms. The van der Waals surface area contributed by atoms with Crippen LogP contribution < -0.4 is 0 Å². The zero-order chi connectivity index (χ0) is 37.6. The Kier molecular flexibility index (Phi) is 9.86. The van der Waals surface area contributed by atoms with Crippen molar-refractivity contribution in [3.05, 3.63) is 84.5 Å². The molecule has 1 saturated heterocycles. The van der Waals surface area contributed by atoms with Gasteiger partial charge in [-0.15, -0.1) is 0 Å². The number of rotatable bonds is 9. The summed E-state index contributed by atoms with van der Waals surface area (Å²) in [5.41, 5.74) is -3.67. The van der Waals surface area contributed by atoms with Crippen molar-refractivity contribution in [1.29, 1.82) is 0 Å². The van der Waals surface area contributed by atoms with E-state index in [1.165, 1.54) is 38.6 Å². The van der Waals surface area contributed by atoms with Crippen LogP contribution in [-0.2, 0) is 42.8 Å². The van der Waals surface area contributed by atoms with Crippen LogP contribution in [0, 0.1) is 29.1 Å². The minimum absolute atomic E-state index is 0.0363. The van der Waals surface area contributed by atoms with Gasteiger partial charge in [0.25, 0.3) is 0 Å². The van der Waals surface area contributed by atoms with E-state index in [4.69, 9.17) is 28.4 Å². The Morgan fingerprint density at radius 3 is 2.08 bits per heavy atom. The first kappa shape index (κ1) is 36.9. The topological polar surface area (TPSA) is 167 Å². The van der Waals surface area contributed by atoms with Gasteiger partial charge in [0.05, 0.1) is 29.1 Å². The number of esters is 5. The first-order chi connectivity index (χ1) is 24.7. The summed E-state index contributed by atoms with van der Waals surface area (Å²) in [6.07, 6.45) is 4.69. The number of hydrogen-bond acceptors (Lipinski definition) is 13. The smallest absolute Gasteiger partial charge is 0.340 e. The van der Waals surface area contributed by atoms with Gasteiger partial charge in [-0.3, -0.25) is 24.4 Å². The lowest BCUT2D eigenvalue weighted by molar-refractivity contribution is -0.238. The van der Waals surface area contributed by atoms with Crippen LogP contribution in [0.5, 0.6) is 0 Å². The second-order valence-electron chi connectivity index (χ2n) is 14.5. The van der Waals surface area contributed by atoms with Gasteiger partial charge < -0.3 is 28.4 Å². The summed E-state index contributed by atoms with van der Waals surface area (Å²) in [5.74, 6) is -6.27. The van der Waals surface area contributed by atoms with E-state index in [2.05, 4.69) is 16.5 Å². The molecule has 1 aliphatic heterocycles. The monoisotopic (exact) mass is 716 g/mol. The lowest BCUT2D eigenvalue weighted by atomic mass is 9.55. The maximum atomic E-state index is 14.1. The van der Waals surface area contributed by atoms with Gasteiger partial charge in [-0.05, 0) is 56.5 Å². The number of allylic oxidation sites excluding steroid dienone is 2. The van der Waals surface area contributed by atoms with Crippen molar-refractivity contribution >= 4 is 29.8 Å². The summed E-state index contributed by atoms with van der Waals surface area (Å²) in [6.45, 7) is 13.7. The maximum Gasteiger partial charge on any atom is 0.340 e. The summed E-state index contributed by atoms with van der Waals surface area (Å²) in [7, 11) is 0. The summed E-state index contributed by atoms with van der Waals surface area (Å²) < 4.78 is 38.7. The molecule has 0 amide bonds. The van der Waals surface area contributed by atoms with E-state index in [1.807, 2.05) is 19.9 Å². The molecule has 0 N–H and O–H groups in total. The van der Waals surface area contributed by atoms with Gasteiger partial charge in [0.15, 0.2) is 11.7 Å². The highest BCUT2D eigenvalue weighted by atomic mass is 16.6. The summed E-state index contributed by atoms with van der Waals surface area (Å²) in [4.78, 5) is 75.8. The summed E-state index contributed by atoms with van der Waals surface area (Å²) >= 11 is 0. The molecule has 6 rings (SSSR count). The lowest BCUT2D eigenvalue weighted by Gasteiger charge is -2.51. The first-order valence-electron chi connectivity index (χ1n) is 17.5. The van der Waals surface area contributed by atoms with Crippen molar-refractivity contribution in [2.75, 3.05) is 6.61 Å². The van der Waals surface area contributed by atoms with Crippen molar-refractivity contribution in [3.63, 3.8) is 0 Å². The Morgan fingerprint density at radius 2 is 1.54 bits per heavy atom. The third-order valence-electron chi connectivity index (χ3n) is 11.2. The standard InChI is InChI=1S/C39H44N2O11/c1-8-29(44)50-31-22(4)17-39(52-24(6)43)30(31)33(48-23(5)42)38-20-47-37(7,36(39)51-35(46)26-12-10-16-41-19-26)32(38)27(21(2)3)13-14-28(38)49-34(45)25-11-9-15-40-18-25/h9-16,18-19,22,27-28,30-33,36H,2,8,17,20H2,1,3-7H3. The molecule has 2 aromatic heterocycles. The Morgan fingerprint density at radius 1 is 0.904 bits per heavy atom. The van der Waals surface area contributed by atoms with Gasteiger partial charge in [0, 0.05) is 56.9 Å². The normalized spacial score (nSPS) is 35.6. The number of aromatic nitrogens is 2. The van der Waals surface area contributed by atoms with E-state index < -0.39 is 94.6 Å². The quantitative estimate of drug-likeness (QED) is 0.201. The molecule has 3 aliphatic carbocycles. The molecule has 13 heteroatoms. The van der Waals surface area contributed by atoms with Crippen LogP contribution in [0.15, 0.2) is 73.4 Å². The fraction of sp³-hybridized carbons (Fsp3) is 0.513. The summed E-state index contributed by atoms with van der Waals surface area (Å²) in [6, 6.07) is 6.31. The van der Waals surface area contributed by atoms with Gasteiger partial charge in [-0.2, -0.15) is 0 Å². The number of fused-ring (bicyclic) bond motifs is 1. The zero-order valence-electron chi connectivity index (χ0n) is 30.1. The molecule has 0 radical (unpaired) electrons. The number of nitrogens with zero attached hydrogens (tertiary/aromatic N) is 2. The molecule has 3 fully saturated rings. The number of carbonyl (C=O) groups excluding carboxylic acids is 5. The minimum atomic E-state index is -1.78. The van der Waals surface area contributed by atoms with E-state index in [0.29, 0.717) is 5.57 Å². The second-order valence-corrected chi connectivity index (χ2v) is 14.5. The van der Waals surface area contributed by atoms with Crippen molar-refractivity contribution in [2.24, 2.45) is 29.1 Å². The van der Waals surface area contributed by atoms with Gasteiger partial charge in [0.1, 0.15) is 23.9 Å². The van der Waals surface area contributed by atoms with E-state index in [1.54, 1.807) is 44.2 Å². The van der Waals surface area contributed by atoms with Crippen LogP contribution in [0.25, 0.3) is 0 Å². The molecule has 2 saturated carbocycles. The van der Waals surface area contributed by atoms with Crippen LogP contribution in [0.2, 0.25) is 0 Å². The molecule has 0 spiro atoms. The van der Waals surface area contributed by atoms with Crippen LogP contribution >= 0.6 is 0 Å². The fourth-order valence-electron chi connectivity index (χ4n) is 9.39. The van der Waals surface area contributed by atoms with Crippen LogP contribution in [0.1, 0.15) is 75.1 Å². The third-order valence-corrected chi connectivity index (χ3v) is 11.2. The zero-order valence-corrected chi connectivity index (χ0v) is 30.1. The number of hydrogen-bond donors (Lipinski definition) is 0. The predicted octanol–water partition coefficient (Wildman–Crippen LogP) is 4.61. The number of pyridine rings is 2. The average molecular weight is 717 g/mol. The Balaban J connectivity index is 1.66. The molecule has 3 heterocycles. The van der Waals surface area contributed by atoms with Crippen molar-refractivity contribution in [2.45, 2.75) is 90.0 Å². The van der Waals surface area contributed by atoms with Crippen LogP contribution in [-0.4, -0.2) is 82.0 Å². The van der Waals surface area contributed by atoms with Crippen LogP contribution in [0.3, 0.4) is 0 Å². The molecule has 4 aliphatic rings. The van der Waals surface area contributed by atoms with Crippen molar-refractivity contribution in [1.82, 2.24) is 9.97 Å². The van der Waals surface area contributed by atoms with E-state index in [-0.39, 0.29) is 30.6 Å². The maximum absolute atomic E-state index is 14.1. The predicted molar refractivity (Wildman–Crippen MR) is 182 cm³/mol. The molecule has 13 nitrogen and oxygen atoms in total. The Bertz CT molecular complexity index is 1780. The first-order valence-corrected chi connectivity index (χ1v) is 17.5. The van der Waals surface area contributed by atoms with Gasteiger partial charge in [-0.25, -0.2) is 9.59 Å².